The number of aryl methyl sites for hydroxylation is 1. The lowest BCUT2D eigenvalue weighted by Gasteiger charge is -2.22. The molecule has 1 aliphatic carbocycles. The maximum absolute atomic E-state index is 10.8. The van der Waals surface area contributed by atoms with Crippen LogP contribution < -0.4 is 0 Å². The van der Waals surface area contributed by atoms with Crippen molar-refractivity contribution < 1.29 is 9.21 Å². The van der Waals surface area contributed by atoms with Gasteiger partial charge in [0.05, 0.1) is 6.26 Å². The van der Waals surface area contributed by atoms with E-state index in [9.17, 15) is 4.79 Å². The zero-order valence-corrected chi connectivity index (χ0v) is 10.4. The fourth-order valence-electron chi connectivity index (χ4n) is 3.04. The first kappa shape index (κ1) is 11.2. The van der Waals surface area contributed by atoms with Crippen molar-refractivity contribution >= 4 is 17.0 Å². The van der Waals surface area contributed by atoms with Crippen LogP contribution in [0.2, 0.25) is 0 Å². The molecule has 0 unspecified atom stereocenters. The highest BCUT2D eigenvalue weighted by molar-refractivity contribution is 5.84. The fraction of sp³-hybridized carbons (Fsp3) is 0.400. The first-order valence-electron chi connectivity index (χ1n) is 6.33. The van der Waals surface area contributed by atoms with E-state index >= 15 is 0 Å². The van der Waals surface area contributed by atoms with Crippen molar-refractivity contribution in [2.45, 2.75) is 38.1 Å². The molecule has 1 saturated carbocycles. The molecule has 0 bridgehead atoms. The van der Waals surface area contributed by atoms with E-state index in [-0.39, 0.29) is 0 Å². The predicted octanol–water partition coefficient (Wildman–Crippen LogP) is 3.85. The summed E-state index contributed by atoms with van der Waals surface area (Å²) in [7, 11) is 0. The Morgan fingerprint density at radius 3 is 2.83 bits per heavy atom. The number of aliphatic imine (C=N–C) groups is 1. The summed E-state index contributed by atoms with van der Waals surface area (Å²) in [6, 6.07) is 6.09. The lowest BCUT2D eigenvalue weighted by molar-refractivity contribution is 0.451. The van der Waals surface area contributed by atoms with Crippen molar-refractivity contribution in [2.75, 3.05) is 0 Å². The average molecular weight is 241 g/mol. The summed E-state index contributed by atoms with van der Waals surface area (Å²) in [5.74, 6) is 0. The molecule has 2 aromatic rings. The van der Waals surface area contributed by atoms with Crippen LogP contribution in [0.4, 0.5) is 0 Å². The van der Waals surface area contributed by atoms with Gasteiger partial charge < -0.3 is 4.42 Å². The Labute approximate surface area is 106 Å². The van der Waals surface area contributed by atoms with E-state index in [1.54, 1.807) is 12.3 Å². The molecule has 0 radical (unpaired) electrons. The lowest BCUT2D eigenvalue weighted by Crippen LogP contribution is -2.19. The van der Waals surface area contributed by atoms with Crippen LogP contribution >= 0.6 is 0 Å². The number of para-hydroxylation sites is 1. The third-order valence-corrected chi connectivity index (χ3v) is 3.99. The van der Waals surface area contributed by atoms with Gasteiger partial charge in [-0.25, -0.2) is 4.79 Å². The second-order valence-corrected chi connectivity index (χ2v) is 5.04. The topological polar surface area (TPSA) is 42.6 Å². The van der Waals surface area contributed by atoms with Gasteiger partial charge in [0.1, 0.15) is 11.1 Å². The quantitative estimate of drug-likeness (QED) is 0.592. The molecule has 0 atom stereocenters. The number of isocyanates is 1. The van der Waals surface area contributed by atoms with Gasteiger partial charge >= 0.3 is 0 Å². The normalized spacial score (nSPS) is 17.8. The van der Waals surface area contributed by atoms with Gasteiger partial charge in [0, 0.05) is 10.9 Å². The zero-order chi connectivity index (χ0) is 12.6. The highest BCUT2D eigenvalue weighted by Gasteiger charge is 2.37. The van der Waals surface area contributed by atoms with E-state index in [4.69, 9.17) is 4.42 Å². The molecule has 1 heterocycles. The van der Waals surface area contributed by atoms with E-state index in [0.717, 1.165) is 47.8 Å². The van der Waals surface area contributed by atoms with Crippen LogP contribution in [0.5, 0.6) is 0 Å². The highest BCUT2D eigenvalue weighted by Crippen LogP contribution is 2.45. The van der Waals surface area contributed by atoms with Gasteiger partial charge in [-0.3, -0.25) is 0 Å². The summed E-state index contributed by atoms with van der Waals surface area (Å²) in [5.41, 5.74) is 2.62. The van der Waals surface area contributed by atoms with Crippen LogP contribution in [0.3, 0.4) is 0 Å². The molecule has 1 aromatic heterocycles. The minimum Gasteiger partial charge on any atom is -0.464 e. The molecule has 92 valence electrons. The Morgan fingerprint density at radius 1 is 1.33 bits per heavy atom. The van der Waals surface area contributed by atoms with E-state index < -0.39 is 5.54 Å². The van der Waals surface area contributed by atoms with E-state index in [1.165, 1.54) is 0 Å². The number of benzene rings is 1. The van der Waals surface area contributed by atoms with Crippen molar-refractivity contribution in [3.63, 3.8) is 0 Å². The molecule has 1 aromatic carbocycles. The molecule has 3 heteroatoms. The summed E-state index contributed by atoms with van der Waals surface area (Å²) in [5, 5.41) is 1.11. The number of furan rings is 1. The Bertz CT molecular complexity index is 629. The van der Waals surface area contributed by atoms with Gasteiger partial charge in [-0.1, -0.05) is 31.0 Å². The van der Waals surface area contributed by atoms with Crippen LogP contribution in [0, 0.1) is 6.92 Å². The van der Waals surface area contributed by atoms with Crippen LogP contribution in [0.25, 0.3) is 11.0 Å². The van der Waals surface area contributed by atoms with Crippen molar-refractivity contribution in [1.29, 1.82) is 0 Å². The summed E-state index contributed by atoms with van der Waals surface area (Å²) in [6.07, 6.45) is 7.52. The molecular weight excluding hydrogens is 226 g/mol. The molecule has 1 fully saturated rings. The van der Waals surface area contributed by atoms with Crippen molar-refractivity contribution in [3.05, 3.63) is 35.6 Å². The highest BCUT2D eigenvalue weighted by atomic mass is 16.3. The third-order valence-electron chi connectivity index (χ3n) is 3.99. The van der Waals surface area contributed by atoms with Crippen molar-refractivity contribution in [3.8, 4) is 0 Å². The molecule has 3 rings (SSSR count). The number of rotatable bonds is 2. The monoisotopic (exact) mass is 241 g/mol. The van der Waals surface area contributed by atoms with Gasteiger partial charge in [-0.2, -0.15) is 4.99 Å². The fourth-order valence-corrected chi connectivity index (χ4v) is 3.04. The molecule has 0 saturated heterocycles. The predicted molar refractivity (Wildman–Crippen MR) is 69.2 cm³/mol. The van der Waals surface area contributed by atoms with Crippen molar-refractivity contribution in [2.24, 2.45) is 4.99 Å². The number of nitrogens with zero attached hydrogens (tertiary/aromatic N) is 1. The first-order valence-corrected chi connectivity index (χ1v) is 6.33. The Kier molecular flexibility index (Phi) is 2.57. The van der Waals surface area contributed by atoms with Crippen LogP contribution in [0.1, 0.15) is 36.8 Å². The van der Waals surface area contributed by atoms with Crippen LogP contribution in [-0.4, -0.2) is 6.08 Å². The number of hydrogen-bond acceptors (Lipinski definition) is 3. The zero-order valence-electron chi connectivity index (χ0n) is 10.4. The molecule has 18 heavy (non-hydrogen) atoms. The minimum absolute atomic E-state index is 0.411. The van der Waals surface area contributed by atoms with Gasteiger partial charge in [-0.05, 0) is 25.3 Å². The second-order valence-electron chi connectivity index (χ2n) is 5.04. The molecular formula is C15H15NO2. The van der Waals surface area contributed by atoms with Gasteiger partial charge in [0.25, 0.3) is 0 Å². The Morgan fingerprint density at radius 2 is 2.11 bits per heavy atom. The lowest BCUT2D eigenvalue weighted by atomic mass is 9.87. The van der Waals surface area contributed by atoms with Crippen LogP contribution in [0.15, 0.2) is 33.9 Å². The standard InChI is InChI=1S/C15H15NO2/c1-11-9-18-14-12(11)5-4-6-13(14)15(16-10-17)7-2-3-8-15/h4-6,9H,2-3,7-8H2,1H3. The SMILES string of the molecule is Cc1coc2c(C3(N=C=O)CCCC3)cccc12. The smallest absolute Gasteiger partial charge is 0.235 e. The molecule has 0 N–H and O–H groups in total. The van der Waals surface area contributed by atoms with Gasteiger partial charge in [0.15, 0.2) is 0 Å². The Balaban J connectivity index is 2.27. The van der Waals surface area contributed by atoms with Gasteiger partial charge in [-0.15, -0.1) is 0 Å². The van der Waals surface area contributed by atoms with Crippen molar-refractivity contribution in [1.82, 2.24) is 0 Å². The molecule has 1 aliphatic rings. The summed E-state index contributed by atoms with van der Waals surface area (Å²) in [6.45, 7) is 2.03. The first-order chi connectivity index (χ1) is 8.77. The average Bonchev–Trinajstić information content (AvgIpc) is 2.98. The third kappa shape index (κ3) is 1.52. The summed E-state index contributed by atoms with van der Waals surface area (Å²) < 4.78 is 5.67. The molecule has 0 amide bonds. The molecule has 0 aliphatic heterocycles. The minimum atomic E-state index is -0.411. The van der Waals surface area contributed by atoms with Crippen LogP contribution in [-0.2, 0) is 10.3 Å². The number of fused-ring (bicyclic) bond motifs is 1. The second kappa shape index (κ2) is 4.11. The number of hydrogen-bond donors (Lipinski definition) is 0. The molecule has 0 spiro atoms. The Hall–Kier alpha value is -1.86. The maximum Gasteiger partial charge on any atom is 0.235 e. The largest absolute Gasteiger partial charge is 0.464 e. The van der Waals surface area contributed by atoms with E-state index in [0.29, 0.717) is 0 Å². The molecule has 3 nitrogen and oxygen atoms in total. The van der Waals surface area contributed by atoms with Gasteiger partial charge in [0.2, 0.25) is 6.08 Å². The van der Waals surface area contributed by atoms with E-state index in [2.05, 4.69) is 4.99 Å². The summed E-state index contributed by atoms with van der Waals surface area (Å²) in [4.78, 5) is 14.9. The number of carbonyl (C=O) groups excluding carboxylic acids is 1. The maximum atomic E-state index is 10.8. The summed E-state index contributed by atoms with van der Waals surface area (Å²) >= 11 is 0. The van der Waals surface area contributed by atoms with E-state index in [1.807, 2.05) is 25.1 Å².